The Bertz CT molecular complexity index is 106. The first-order valence-corrected chi connectivity index (χ1v) is 5.59. The molecule has 0 rings (SSSR count). The van der Waals surface area contributed by atoms with Crippen LogP contribution in [0, 0.1) is 0 Å². The molecule has 0 saturated heterocycles. The molecule has 0 aliphatic heterocycles. The molecule has 0 aromatic heterocycles. The molecular weight excluding hydrogens is 192 g/mol. The molecule has 0 N–H and O–H groups in total. The van der Waals surface area contributed by atoms with Gasteiger partial charge >= 0.3 is 0 Å². The Kier molecular flexibility index (Phi) is 6.98. The third kappa shape index (κ3) is 8.77. The lowest BCUT2D eigenvalue weighted by Gasteiger charge is -2.00. The Morgan fingerprint density at radius 1 is 1.50 bits per heavy atom. The van der Waals surface area contributed by atoms with Crippen LogP contribution in [-0.2, 0) is 18.3 Å². The molecule has 62 valence electrons. The van der Waals surface area contributed by atoms with Crippen molar-refractivity contribution in [3.63, 3.8) is 0 Å². The Morgan fingerprint density at radius 2 is 2.10 bits per heavy atom. The molecular formula is C4H10O3S3. The Labute approximate surface area is 72.5 Å². The van der Waals surface area contributed by atoms with Gasteiger partial charge in [0.1, 0.15) is 0 Å². The smallest absolute Gasteiger partial charge is 0.186 e. The molecule has 0 heterocycles. The SMILES string of the molecule is CC(C)SOSOS(C)=O. The molecule has 0 spiro atoms. The lowest BCUT2D eigenvalue weighted by atomic mass is 10.6. The highest BCUT2D eigenvalue weighted by Crippen LogP contribution is 2.20. The molecule has 0 radical (unpaired) electrons. The van der Waals surface area contributed by atoms with E-state index in [0.29, 0.717) is 5.25 Å². The second-order valence-corrected chi connectivity index (χ2v) is 4.91. The van der Waals surface area contributed by atoms with E-state index < -0.39 is 11.1 Å². The first-order valence-electron chi connectivity index (χ1n) is 2.63. The zero-order valence-electron chi connectivity index (χ0n) is 6.03. The summed E-state index contributed by atoms with van der Waals surface area (Å²) in [6.07, 6.45) is 1.44. The first kappa shape index (κ1) is 10.8. The fraction of sp³-hybridized carbons (Fsp3) is 1.00. The van der Waals surface area contributed by atoms with Gasteiger partial charge in [-0.05, 0) is 0 Å². The topological polar surface area (TPSA) is 35.5 Å². The fourth-order valence-electron chi connectivity index (χ4n) is 0.145. The number of hydrogen-bond acceptors (Lipinski definition) is 5. The van der Waals surface area contributed by atoms with Gasteiger partial charge in [-0.15, -0.1) is 0 Å². The molecule has 1 atom stereocenters. The molecule has 0 bridgehead atoms. The van der Waals surface area contributed by atoms with E-state index >= 15 is 0 Å². The lowest BCUT2D eigenvalue weighted by molar-refractivity contribution is 0.580. The highest BCUT2D eigenvalue weighted by atomic mass is 32.3. The predicted octanol–water partition coefficient (Wildman–Crippen LogP) is 1.93. The molecule has 0 fully saturated rings. The summed E-state index contributed by atoms with van der Waals surface area (Å²) in [4.78, 5) is 0. The van der Waals surface area contributed by atoms with Crippen LogP contribution >= 0.6 is 24.4 Å². The van der Waals surface area contributed by atoms with Gasteiger partial charge in [-0.2, -0.15) is 3.63 Å². The van der Waals surface area contributed by atoms with Gasteiger partial charge in [-0.3, -0.25) is 0 Å². The average molecular weight is 202 g/mol. The minimum atomic E-state index is -1.26. The summed E-state index contributed by atoms with van der Waals surface area (Å²) >= 11 is 0.774. The van der Waals surface area contributed by atoms with Crippen LogP contribution in [0.5, 0.6) is 0 Å². The van der Waals surface area contributed by atoms with Gasteiger partial charge in [0.15, 0.2) is 23.4 Å². The van der Waals surface area contributed by atoms with Crippen molar-refractivity contribution >= 4 is 35.4 Å². The zero-order valence-corrected chi connectivity index (χ0v) is 8.48. The Balaban J connectivity index is 2.98. The van der Waals surface area contributed by atoms with Crippen LogP contribution in [0.15, 0.2) is 0 Å². The summed E-state index contributed by atoms with van der Waals surface area (Å²) in [5.74, 6) is 0. The van der Waals surface area contributed by atoms with Crippen molar-refractivity contribution in [1.29, 1.82) is 0 Å². The third-order valence-corrected chi connectivity index (χ3v) is 2.29. The highest BCUT2D eigenvalue weighted by molar-refractivity contribution is 8.08. The van der Waals surface area contributed by atoms with E-state index in [1.807, 2.05) is 13.8 Å². The molecule has 10 heavy (non-hydrogen) atoms. The van der Waals surface area contributed by atoms with E-state index in [1.165, 1.54) is 18.3 Å². The molecule has 0 amide bonds. The Morgan fingerprint density at radius 3 is 2.50 bits per heavy atom. The van der Waals surface area contributed by atoms with Gasteiger partial charge in [0.05, 0.1) is 0 Å². The Hall–Kier alpha value is 0.770. The largest absolute Gasteiger partial charge is 0.229 e. The van der Waals surface area contributed by atoms with Gasteiger partial charge in [0.25, 0.3) is 0 Å². The summed E-state index contributed by atoms with van der Waals surface area (Å²) in [7, 11) is 0. The van der Waals surface area contributed by atoms with E-state index in [1.54, 1.807) is 0 Å². The highest BCUT2D eigenvalue weighted by Gasteiger charge is 1.97. The van der Waals surface area contributed by atoms with Crippen LogP contribution in [0.25, 0.3) is 0 Å². The number of rotatable bonds is 5. The van der Waals surface area contributed by atoms with Gasteiger partial charge in [0, 0.05) is 23.5 Å². The summed E-state index contributed by atoms with van der Waals surface area (Å²) in [6.45, 7) is 3.99. The fourth-order valence-corrected chi connectivity index (χ4v) is 1.51. The standard InChI is InChI=1S/C4H10O3S3/c1-4(2)8-6-9-7-10(3)5/h4H,1-3H3. The summed E-state index contributed by atoms with van der Waals surface area (Å²) in [5, 5.41) is 0.390. The summed E-state index contributed by atoms with van der Waals surface area (Å²) in [5.41, 5.74) is 0. The molecule has 1 unspecified atom stereocenters. The van der Waals surface area contributed by atoms with Crippen molar-refractivity contribution in [3.05, 3.63) is 0 Å². The molecule has 0 aliphatic carbocycles. The normalized spacial score (nSPS) is 14.0. The van der Waals surface area contributed by atoms with Crippen LogP contribution in [-0.4, -0.2) is 15.7 Å². The second-order valence-electron chi connectivity index (χ2n) is 1.75. The van der Waals surface area contributed by atoms with Crippen molar-refractivity contribution in [2.75, 3.05) is 6.26 Å². The van der Waals surface area contributed by atoms with Gasteiger partial charge < -0.3 is 0 Å². The molecule has 3 nitrogen and oxygen atoms in total. The van der Waals surface area contributed by atoms with Gasteiger partial charge in [-0.1, -0.05) is 13.8 Å². The first-order chi connectivity index (χ1) is 4.63. The van der Waals surface area contributed by atoms with E-state index in [2.05, 4.69) is 3.63 Å². The van der Waals surface area contributed by atoms with Crippen LogP contribution < -0.4 is 0 Å². The lowest BCUT2D eigenvalue weighted by Crippen LogP contribution is -1.87. The van der Waals surface area contributed by atoms with Gasteiger partial charge in [-0.25, -0.2) is 7.84 Å². The van der Waals surface area contributed by atoms with Crippen molar-refractivity contribution in [2.45, 2.75) is 19.1 Å². The number of hydrogen-bond donors (Lipinski definition) is 0. The molecule has 0 aromatic rings. The summed E-state index contributed by atoms with van der Waals surface area (Å²) in [6, 6.07) is 0. The van der Waals surface area contributed by atoms with E-state index in [9.17, 15) is 4.21 Å². The maximum Gasteiger partial charge on any atom is 0.186 e. The van der Waals surface area contributed by atoms with Crippen LogP contribution in [0.4, 0.5) is 0 Å². The van der Waals surface area contributed by atoms with Crippen LogP contribution in [0.3, 0.4) is 0 Å². The molecule has 0 saturated carbocycles. The van der Waals surface area contributed by atoms with Crippen molar-refractivity contribution in [2.24, 2.45) is 0 Å². The van der Waals surface area contributed by atoms with Crippen LogP contribution in [0.2, 0.25) is 0 Å². The second kappa shape index (κ2) is 6.48. The third-order valence-electron chi connectivity index (χ3n) is 0.383. The van der Waals surface area contributed by atoms with Crippen molar-refractivity contribution < 1.29 is 11.5 Å². The minimum Gasteiger partial charge on any atom is -0.229 e. The molecule has 6 heteroatoms. The predicted molar refractivity (Wildman–Crippen MR) is 46.6 cm³/mol. The maximum atomic E-state index is 10.3. The minimum absolute atomic E-state index is 0.390. The van der Waals surface area contributed by atoms with Gasteiger partial charge in [0.2, 0.25) is 0 Å². The van der Waals surface area contributed by atoms with Crippen molar-refractivity contribution in [1.82, 2.24) is 0 Å². The zero-order chi connectivity index (χ0) is 7.98. The van der Waals surface area contributed by atoms with E-state index in [0.717, 1.165) is 12.3 Å². The quantitative estimate of drug-likeness (QED) is 0.503. The van der Waals surface area contributed by atoms with Crippen molar-refractivity contribution in [3.8, 4) is 0 Å². The molecule has 0 aromatic carbocycles. The maximum absolute atomic E-state index is 10.3. The average Bonchev–Trinajstić information content (AvgIpc) is 1.79. The van der Waals surface area contributed by atoms with E-state index in [-0.39, 0.29) is 0 Å². The monoisotopic (exact) mass is 202 g/mol. The van der Waals surface area contributed by atoms with E-state index in [4.69, 9.17) is 3.63 Å². The molecule has 0 aliphatic rings. The van der Waals surface area contributed by atoms with Crippen LogP contribution in [0.1, 0.15) is 13.8 Å². The summed E-state index contributed by atoms with van der Waals surface area (Å²) < 4.78 is 19.6.